The molecule has 0 heterocycles. The Hall–Kier alpha value is -0.106. The SMILES string of the molecule is CBr.[Ti+2].c1cc[cH-]c1.c1cc[cH-]c1. The average molecular weight is 273 g/mol. The molecule has 0 spiro atoms. The second kappa shape index (κ2) is 14.4. The zero-order valence-electron chi connectivity index (χ0n) is 7.65. The summed E-state index contributed by atoms with van der Waals surface area (Å²) in [7, 11) is 0. The third-order valence-electron chi connectivity index (χ3n) is 1.11. The molecule has 0 amide bonds. The summed E-state index contributed by atoms with van der Waals surface area (Å²) in [5.74, 6) is 1.81. The maximum absolute atomic E-state index is 2.94. The van der Waals surface area contributed by atoms with Crippen molar-refractivity contribution in [3.63, 3.8) is 0 Å². The van der Waals surface area contributed by atoms with Gasteiger partial charge in [0.2, 0.25) is 0 Å². The third kappa shape index (κ3) is 11.9. The van der Waals surface area contributed by atoms with E-state index in [1.54, 1.807) is 0 Å². The van der Waals surface area contributed by atoms with Crippen LogP contribution in [0.2, 0.25) is 0 Å². The molecule has 0 bridgehead atoms. The Bertz CT molecular complexity index is 149. The second-order valence-electron chi connectivity index (χ2n) is 1.92. The molecule has 2 rings (SSSR count). The molecule has 0 atom stereocenters. The van der Waals surface area contributed by atoms with E-state index in [2.05, 4.69) is 15.9 Å². The van der Waals surface area contributed by atoms with Crippen LogP contribution >= 0.6 is 15.9 Å². The second-order valence-corrected chi connectivity index (χ2v) is 1.92. The van der Waals surface area contributed by atoms with Gasteiger partial charge in [0.15, 0.2) is 0 Å². The summed E-state index contributed by atoms with van der Waals surface area (Å²) in [5, 5.41) is 0. The smallest absolute Gasteiger partial charge is 0.214 e. The molecule has 0 saturated carbocycles. The molecular formula is C11H13BrTi. The largest absolute Gasteiger partial charge is 2.00 e. The van der Waals surface area contributed by atoms with E-state index in [0.29, 0.717) is 0 Å². The van der Waals surface area contributed by atoms with Crippen LogP contribution in [0.15, 0.2) is 60.7 Å². The first-order valence-corrected chi connectivity index (χ1v) is 5.30. The maximum Gasteiger partial charge on any atom is 2.00 e. The maximum atomic E-state index is 2.94. The van der Waals surface area contributed by atoms with Crippen LogP contribution in [-0.2, 0) is 21.7 Å². The van der Waals surface area contributed by atoms with Crippen LogP contribution in [0, 0.1) is 0 Å². The normalized spacial score (nSPS) is 6.62. The van der Waals surface area contributed by atoms with E-state index in [4.69, 9.17) is 0 Å². The molecule has 0 unspecified atom stereocenters. The summed E-state index contributed by atoms with van der Waals surface area (Å²) in [6.45, 7) is 0. The van der Waals surface area contributed by atoms with Crippen LogP contribution < -0.4 is 0 Å². The Balaban J connectivity index is 0. The molecular weight excluding hydrogens is 260 g/mol. The van der Waals surface area contributed by atoms with Crippen LogP contribution in [0.3, 0.4) is 0 Å². The fourth-order valence-corrected chi connectivity index (χ4v) is 0.642. The minimum absolute atomic E-state index is 0. The van der Waals surface area contributed by atoms with Gasteiger partial charge in [0, 0.05) is 0 Å². The molecule has 2 heteroatoms. The average Bonchev–Trinajstić information content (AvgIpc) is 2.87. The van der Waals surface area contributed by atoms with E-state index in [1.165, 1.54) is 0 Å². The van der Waals surface area contributed by atoms with E-state index in [0.717, 1.165) is 0 Å². The molecule has 0 saturated heterocycles. The standard InChI is InChI=1S/2C5H5.CH3Br.Ti/c2*1-2-4-5-3-1;1-2;/h2*1-5H;1H3;/q2*-1;;+2. The predicted octanol–water partition coefficient (Wildman–Crippen LogP) is 3.82. The van der Waals surface area contributed by atoms with Gasteiger partial charge in [-0.1, -0.05) is 15.9 Å². The first kappa shape index (κ1) is 15.4. The van der Waals surface area contributed by atoms with Gasteiger partial charge < -0.3 is 0 Å². The first-order chi connectivity index (χ1) is 6.00. The van der Waals surface area contributed by atoms with E-state index < -0.39 is 0 Å². The molecule has 0 radical (unpaired) electrons. The molecule has 0 aliphatic carbocycles. The Kier molecular flexibility index (Phi) is 17.0. The number of hydrogen-bond donors (Lipinski definition) is 0. The van der Waals surface area contributed by atoms with Crippen molar-refractivity contribution in [1.82, 2.24) is 0 Å². The van der Waals surface area contributed by atoms with Crippen LogP contribution in [0.25, 0.3) is 0 Å². The molecule has 0 N–H and O–H groups in total. The van der Waals surface area contributed by atoms with Gasteiger partial charge in [0.05, 0.1) is 0 Å². The van der Waals surface area contributed by atoms with E-state index in [-0.39, 0.29) is 21.7 Å². The number of halogens is 1. The molecule has 2 aromatic carbocycles. The fraction of sp³-hybridized carbons (Fsp3) is 0.0909. The number of rotatable bonds is 0. The number of hydrogen-bond acceptors (Lipinski definition) is 0. The summed E-state index contributed by atoms with van der Waals surface area (Å²) in [6.07, 6.45) is 0. The fourth-order valence-electron chi connectivity index (χ4n) is 0.642. The molecule has 0 fully saturated rings. The van der Waals surface area contributed by atoms with Crippen molar-refractivity contribution in [3.8, 4) is 0 Å². The van der Waals surface area contributed by atoms with Crippen molar-refractivity contribution in [3.05, 3.63) is 60.7 Å². The number of alkyl halides is 1. The minimum Gasteiger partial charge on any atom is -0.214 e. The Morgan fingerprint density at radius 2 is 0.923 bits per heavy atom. The molecule has 0 aromatic heterocycles. The van der Waals surface area contributed by atoms with Crippen LogP contribution in [0.1, 0.15) is 0 Å². The van der Waals surface area contributed by atoms with Gasteiger partial charge in [0.1, 0.15) is 0 Å². The van der Waals surface area contributed by atoms with E-state index in [9.17, 15) is 0 Å². The summed E-state index contributed by atoms with van der Waals surface area (Å²) in [5.41, 5.74) is 0. The van der Waals surface area contributed by atoms with E-state index in [1.807, 2.05) is 66.5 Å². The van der Waals surface area contributed by atoms with Crippen molar-refractivity contribution in [2.45, 2.75) is 0 Å². The Morgan fingerprint density at radius 1 is 0.692 bits per heavy atom. The minimum atomic E-state index is 0. The van der Waals surface area contributed by atoms with Gasteiger partial charge in [-0.25, -0.2) is 24.3 Å². The summed E-state index contributed by atoms with van der Waals surface area (Å²) in [4.78, 5) is 0. The van der Waals surface area contributed by atoms with Crippen LogP contribution in [-0.4, -0.2) is 5.83 Å². The molecule has 68 valence electrons. The topological polar surface area (TPSA) is 0 Å². The third-order valence-corrected chi connectivity index (χ3v) is 1.11. The molecule has 2 aromatic rings. The Labute approximate surface area is 104 Å². The van der Waals surface area contributed by atoms with Crippen LogP contribution in [0.4, 0.5) is 0 Å². The van der Waals surface area contributed by atoms with Gasteiger partial charge in [-0.05, 0) is 5.83 Å². The quantitative estimate of drug-likeness (QED) is 0.389. The summed E-state index contributed by atoms with van der Waals surface area (Å²) >= 11 is 2.94. The molecule has 13 heavy (non-hydrogen) atoms. The zero-order chi connectivity index (χ0) is 9.07. The monoisotopic (exact) mass is 272 g/mol. The van der Waals surface area contributed by atoms with Crippen molar-refractivity contribution >= 4 is 15.9 Å². The van der Waals surface area contributed by atoms with E-state index >= 15 is 0 Å². The molecule has 0 aliphatic heterocycles. The van der Waals surface area contributed by atoms with Crippen molar-refractivity contribution in [2.24, 2.45) is 0 Å². The van der Waals surface area contributed by atoms with Crippen molar-refractivity contribution in [2.75, 3.05) is 5.83 Å². The van der Waals surface area contributed by atoms with Gasteiger partial charge >= 0.3 is 21.7 Å². The first-order valence-electron chi connectivity index (χ1n) is 3.71. The van der Waals surface area contributed by atoms with Gasteiger partial charge in [-0.2, -0.15) is 36.4 Å². The zero-order valence-corrected chi connectivity index (χ0v) is 10.8. The van der Waals surface area contributed by atoms with Gasteiger partial charge in [-0.3, -0.25) is 0 Å². The van der Waals surface area contributed by atoms with Gasteiger partial charge in [0.25, 0.3) is 0 Å². The summed E-state index contributed by atoms with van der Waals surface area (Å²) in [6, 6.07) is 20.0. The van der Waals surface area contributed by atoms with Crippen LogP contribution in [0.5, 0.6) is 0 Å². The summed E-state index contributed by atoms with van der Waals surface area (Å²) < 4.78 is 0. The molecule has 0 aliphatic rings. The predicted molar refractivity (Wildman–Crippen MR) is 58.9 cm³/mol. The molecule has 0 nitrogen and oxygen atoms in total. The Morgan fingerprint density at radius 3 is 1.00 bits per heavy atom. The van der Waals surface area contributed by atoms with Gasteiger partial charge in [-0.15, -0.1) is 0 Å². The van der Waals surface area contributed by atoms with Crippen molar-refractivity contribution < 1.29 is 21.7 Å². The van der Waals surface area contributed by atoms with Crippen molar-refractivity contribution in [1.29, 1.82) is 0 Å².